The number of esters is 1. The number of methoxy groups -OCH3 is 1. The van der Waals surface area contributed by atoms with E-state index >= 15 is 0 Å². The van der Waals surface area contributed by atoms with Gasteiger partial charge in [0.25, 0.3) is 0 Å². The van der Waals surface area contributed by atoms with Crippen molar-refractivity contribution in [1.29, 1.82) is 0 Å². The topological polar surface area (TPSA) is 108 Å². The predicted octanol–water partition coefficient (Wildman–Crippen LogP) is 4.88. The number of carbonyl (C=O) groups is 2. The van der Waals surface area contributed by atoms with Crippen LogP contribution in [-0.2, 0) is 14.3 Å². The summed E-state index contributed by atoms with van der Waals surface area (Å²) in [4.78, 5) is 30.4. The van der Waals surface area contributed by atoms with Gasteiger partial charge in [0.15, 0.2) is 0 Å². The van der Waals surface area contributed by atoms with Gasteiger partial charge >= 0.3 is 5.97 Å². The second-order valence-electron chi connectivity index (χ2n) is 11.5. The third-order valence-corrected chi connectivity index (χ3v) is 7.50. The summed E-state index contributed by atoms with van der Waals surface area (Å²) in [6.45, 7) is 5.60. The molecule has 2 saturated carbocycles. The van der Waals surface area contributed by atoms with Crippen LogP contribution in [0, 0.1) is 11.8 Å². The molecule has 0 saturated heterocycles. The number of aromatic nitrogens is 4. The van der Waals surface area contributed by atoms with E-state index < -0.39 is 11.6 Å². The van der Waals surface area contributed by atoms with E-state index in [1.165, 1.54) is 19.3 Å². The van der Waals surface area contributed by atoms with Gasteiger partial charge in [0.05, 0.1) is 25.5 Å². The molecule has 0 radical (unpaired) electrons. The Bertz CT molecular complexity index is 1050. The molecule has 2 aromatic rings. The number of hydrogen-bond donors (Lipinski definition) is 1. The Morgan fingerprint density at radius 3 is 2.49 bits per heavy atom. The molecule has 37 heavy (non-hydrogen) atoms. The molecule has 2 aromatic heterocycles. The number of hydrogen-bond acceptors (Lipinski definition) is 7. The molecule has 2 fully saturated rings. The van der Waals surface area contributed by atoms with E-state index in [2.05, 4.69) is 20.6 Å². The van der Waals surface area contributed by atoms with Gasteiger partial charge in [0.1, 0.15) is 23.1 Å². The molecular formula is C28H41N5O4. The van der Waals surface area contributed by atoms with Gasteiger partial charge in [-0.2, -0.15) is 0 Å². The number of rotatable bonds is 8. The van der Waals surface area contributed by atoms with Gasteiger partial charge in [-0.15, -0.1) is 5.10 Å². The van der Waals surface area contributed by atoms with E-state index in [1.807, 2.05) is 37.7 Å². The van der Waals surface area contributed by atoms with Crippen LogP contribution in [0.4, 0.5) is 0 Å². The minimum Gasteiger partial charge on any atom is -0.495 e. The number of carbonyl (C=O) groups excluding carboxylic acids is 2. The van der Waals surface area contributed by atoms with Gasteiger partial charge in [-0.25, -0.2) is 9.48 Å². The van der Waals surface area contributed by atoms with Crippen LogP contribution in [0.2, 0.25) is 0 Å². The van der Waals surface area contributed by atoms with Crippen LogP contribution in [0.15, 0.2) is 24.7 Å². The number of nitrogens with one attached hydrogen (secondary N) is 1. The number of nitrogens with zero attached hydrogens (tertiary/aromatic N) is 4. The van der Waals surface area contributed by atoms with E-state index in [0.717, 1.165) is 49.8 Å². The van der Waals surface area contributed by atoms with Crippen LogP contribution < -0.4 is 10.1 Å². The first-order chi connectivity index (χ1) is 17.7. The quantitative estimate of drug-likeness (QED) is 0.503. The fourth-order valence-corrected chi connectivity index (χ4v) is 5.49. The molecule has 0 spiro atoms. The standard InChI is InChI=1S/C28H41N5O4/c1-28(2,3)37-27(35)24(14-19-8-6-5-7-9-19)30-26(34)20-10-12-22(13-11-20)33-18-25(31-32-33)21-15-23(36-4)17-29-16-21/h15-20,22,24H,5-14H2,1-4H3,(H,30,34). The van der Waals surface area contributed by atoms with Gasteiger partial charge in [-0.05, 0) is 64.9 Å². The molecular weight excluding hydrogens is 470 g/mol. The molecule has 0 bridgehead atoms. The van der Waals surface area contributed by atoms with Gasteiger partial charge in [0, 0.05) is 17.7 Å². The van der Waals surface area contributed by atoms with Gasteiger partial charge in [-0.1, -0.05) is 37.3 Å². The lowest BCUT2D eigenvalue weighted by Gasteiger charge is -2.31. The Morgan fingerprint density at radius 2 is 1.81 bits per heavy atom. The molecule has 0 aliphatic heterocycles. The molecule has 2 aliphatic carbocycles. The predicted molar refractivity (Wildman–Crippen MR) is 140 cm³/mol. The Morgan fingerprint density at radius 1 is 1.08 bits per heavy atom. The third kappa shape index (κ3) is 7.52. The third-order valence-electron chi connectivity index (χ3n) is 7.50. The number of pyridine rings is 1. The largest absolute Gasteiger partial charge is 0.495 e. The zero-order valence-electron chi connectivity index (χ0n) is 22.6. The van der Waals surface area contributed by atoms with Crippen molar-refractivity contribution in [2.75, 3.05) is 7.11 Å². The average molecular weight is 512 g/mol. The molecule has 0 aromatic carbocycles. The van der Waals surface area contributed by atoms with Crippen LogP contribution >= 0.6 is 0 Å². The van der Waals surface area contributed by atoms with Crippen molar-refractivity contribution in [3.8, 4) is 17.0 Å². The lowest BCUT2D eigenvalue weighted by atomic mass is 9.83. The maximum absolute atomic E-state index is 13.2. The lowest BCUT2D eigenvalue weighted by molar-refractivity contribution is -0.159. The first-order valence-electron chi connectivity index (χ1n) is 13.7. The van der Waals surface area contributed by atoms with E-state index in [0.29, 0.717) is 18.1 Å². The summed E-state index contributed by atoms with van der Waals surface area (Å²) in [6, 6.07) is 1.49. The Hall–Kier alpha value is -2.97. The highest BCUT2D eigenvalue weighted by Crippen LogP contribution is 2.33. The smallest absolute Gasteiger partial charge is 0.329 e. The summed E-state index contributed by atoms with van der Waals surface area (Å²) in [5.74, 6) is 0.669. The van der Waals surface area contributed by atoms with Crippen molar-refractivity contribution in [1.82, 2.24) is 25.3 Å². The van der Waals surface area contributed by atoms with Crippen LogP contribution in [0.5, 0.6) is 5.75 Å². The van der Waals surface area contributed by atoms with E-state index in [4.69, 9.17) is 9.47 Å². The van der Waals surface area contributed by atoms with Crippen LogP contribution in [0.3, 0.4) is 0 Å². The lowest BCUT2D eigenvalue weighted by Crippen LogP contribution is -2.47. The van der Waals surface area contributed by atoms with Crippen LogP contribution in [-0.4, -0.2) is 50.6 Å². The normalized spacial score (nSPS) is 21.7. The molecule has 1 atom stereocenters. The summed E-state index contributed by atoms with van der Waals surface area (Å²) in [7, 11) is 1.61. The fraction of sp³-hybridized carbons (Fsp3) is 0.679. The Kier molecular flexibility index (Phi) is 8.82. The second kappa shape index (κ2) is 12.0. The molecule has 2 heterocycles. The molecule has 1 N–H and O–H groups in total. The van der Waals surface area contributed by atoms with Crippen molar-refractivity contribution < 1.29 is 19.1 Å². The van der Waals surface area contributed by atoms with Gasteiger partial charge in [-0.3, -0.25) is 9.78 Å². The molecule has 9 heteroatoms. The summed E-state index contributed by atoms with van der Waals surface area (Å²) in [6.07, 6.45) is 15.0. The van der Waals surface area contributed by atoms with Crippen molar-refractivity contribution >= 4 is 11.9 Å². The molecule has 1 amide bonds. The summed E-state index contributed by atoms with van der Waals surface area (Å²) in [5, 5.41) is 11.8. The average Bonchev–Trinajstić information content (AvgIpc) is 3.38. The van der Waals surface area contributed by atoms with Crippen molar-refractivity contribution in [2.24, 2.45) is 11.8 Å². The maximum Gasteiger partial charge on any atom is 0.329 e. The highest BCUT2D eigenvalue weighted by atomic mass is 16.6. The maximum atomic E-state index is 13.2. The highest BCUT2D eigenvalue weighted by molar-refractivity contribution is 5.86. The van der Waals surface area contributed by atoms with Crippen LogP contribution in [0.25, 0.3) is 11.3 Å². The molecule has 2 aliphatic rings. The molecule has 202 valence electrons. The Balaban J connectivity index is 1.34. The van der Waals surface area contributed by atoms with E-state index in [9.17, 15) is 9.59 Å². The van der Waals surface area contributed by atoms with Gasteiger partial charge < -0.3 is 14.8 Å². The first-order valence-corrected chi connectivity index (χ1v) is 13.7. The van der Waals surface area contributed by atoms with Crippen molar-refractivity contribution in [2.45, 2.75) is 103 Å². The molecule has 4 rings (SSSR count). The van der Waals surface area contributed by atoms with E-state index in [1.54, 1.807) is 19.5 Å². The fourth-order valence-electron chi connectivity index (χ4n) is 5.49. The first kappa shape index (κ1) is 27.1. The highest BCUT2D eigenvalue weighted by Gasteiger charge is 2.33. The van der Waals surface area contributed by atoms with E-state index in [-0.39, 0.29) is 23.8 Å². The summed E-state index contributed by atoms with van der Waals surface area (Å²) < 4.78 is 12.8. The van der Waals surface area contributed by atoms with Gasteiger partial charge in [0.2, 0.25) is 5.91 Å². The van der Waals surface area contributed by atoms with Crippen molar-refractivity contribution in [3.63, 3.8) is 0 Å². The number of ether oxygens (including phenoxy) is 2. The molecule has 9 nitrogen and oxygen atoms in total. The SMILES string of the molecule is COc1cncc(-c2cn(C3CCC(C(=O)NC(CC4CCCCC4)C(=O)OC(C)(C)C)CC3)nn2)c1. The molecule has 1 unspecified atom stereocenters. The van der Waals surface area contributed by atoms with Crippen LogP contribution in [0.1, 0.15) is 91.0 Å². The zero-order valence-corrected chi connectivity index (χ0v) is 22.6. The van der Waals surface area contributed by atoms with Crippen molar-refractivity contribution in [3.05, 3.63) is 24.7 Å². The minimum absolute atomic E-state index is 0.0353. The number of amides is 1. The minimum atomic E-state index is -0.582. The summed E-state index contributed by atoms with van der Waals surface area (Å²) in [5.41, 5.74) is 1.02. The Labute approximate surface area is 219 Å². The second-order valence-corrected chi connectivity index (χ2v) is 11.5. The zero-order chi connectivity index (χ0) is 26.4. The summed E-state index contributed by atoms with van der Waals surface area (Å²) >= 11 is 0. The monoisotopic (exact) mass is 511 g/mol.